The number of hydrogen-bond donors (Lipinski definition) is 1. The van der Waals surface area contributed by atoms with Crippen LogP contribution in [0, 0.1) is 0 Å². The van der Waals surface area contributed by atoms with Gasteiger partial charge in [0.1, 0.15) is 17.2 Å². The number of nitrogens with zero attached hydrogens (tertiary/aromatic N) is 1. The Morgan fingerprint density at radius 3 is 2.94 bits per heavy atom. The van der Waals surface area contributed by atoms with E-state index < -0.39 is 0 Å². The first-order chi connectivity index (χ1) is 16.1. The molecule has 0 amide bonds. The number of hydrogen-bond acceptors (Lipinski definition) is 6. The molecule has 6 nitrogen and oxygen atoms in total. The third-order valence-corrected chi connectivity index (χ3v) is 6.23. The second-order valence-electron chi connectivity index (χ2n) is 8.71. The summed E-state index contributed by atoms with van der Waals surface area (Å²) in [5, 5.41) is 4.38. The van der Waals surface area contributed by atoms with Crippen molar-refractivity contribution in [2.75, 3.05) is 18.5 Å². The third kappa shape index (κ3) is 6.21. The highest BCUT2D eigenvalue weighted by Gasteiger charge is 2.21. The molecular weight excluding hydrogens is 416 g/mol. The van der Waals surface area contributed by atoms with Gasteiger partial charge in [-0.2, -0.15) is 0 Å². The average Bonchev–Trinajstić information content (AvgIpc) is 3.29. The van der Waals surface area contributed by atoms with Gasteiger partial charge in [-0.3, -0.25) is 9.59 Å². The van der Waals surface area contributed by atoms with Gasteiger partial charge >= 0.3 is 5.97 Å². The van der Waals surface area contributed by atoms with Crippen LogP contribution in [0.15, 0.2) is 47.1 Å². The van der Waals surface area contributed by atoms with Crippen LogP contribution in [0.4, 0.5) is 5.82 Å². The van der Waals surface area contributed by atoms with Crippen molar-refractivity contribution in [2.24, 2.45) is 0 Å². The maximum absolute atomic E-state index is 12.8. The second kappa shape index (κ2) is 11.1. The number of nitrogens with one attached hydrogen (secondary N) is 1. The van der Waals surface area contributed by atoms with Crippen molar-refractivity contribution in [2.45, 2.75) is 64.2 Å². The van der Waals surface area contributed by atoms with Gasteiger partial charge in [-0.05, 0) is 68.4 Å². The maximum atomic E-state index is 12.8. The SMILES string of the molecule is CCOC(=O)C[C@H](CC(=O)CCCCc1ccc2c(n1)NCCC2)c1ccc2ccoc2c1. The molecule has 4 rings (SSSR count). The van der Waals surface area contributed by atoms with Crippen LogP contribution < -0.4 is 5.32 Å². The van der Waals surface area contributed by atoms with E-state index in [0.29, 0.717) is 19.4 Å². The highest BCUT2D eigenvalue weighted by atomic mass is 16.5. The summed E-state index contributed by atoms with van der Waals surface area (Å²) in [6.45, 7) is 3.11. The van der Waals surface area contributed by atoms with E-state index in [1.807, 2.05) is 24.3 Å². The first-order valence-corrected chi connectivity index (χ1v) is 12.0. The lowest BCUT2D eigenvalue weighted by Gasteiger charge is -2.17. The van der Waals surface area contributed by atoms with Crippen molar-refractivity contribution in [3.05, 3.63) is 59.5 Å². The van der Waals surface area contributed by atoms with Crippen molar-refractivity contribution in [1.82, 2.24) is 4.98 Å². The molecule has 1 aromatic carbocycles. The molecule has 0 saturated carbocycles. The molecule has 1 atom stereocenters. The zero-order chi connectivity index (χ0) is 23.0. The lowest BCUT2D eigenvalue weighted by Crippen LogP contribution is -2.14. The molecule has 3 heterocycles. The maximum Gasteiger partial charge on any atom is 0.306 e. The molecule has 6 heteroatoms. The number of carbonyl (C=O) groups excluding carboxylic acids is 2. The van der Waals surface area contributed by atoms with Gasteiger partial charge < -0.3 is 14.5 Å². The highest BCUT2D eigenvalue weighted by Crippen LogP contribution is 2.29. The first-order valence-electron chi connectivity index (χ1n) is 12.0. The number of ketones is 1. The number of aryl methyl sites for hydroxylation is 2. The molecule has 3 aromatic rings. The van der Waals surface area contributed by atoms with E-state index in [9.17, 15) is 9.59 Å². The number of benzene rings is 1. The van der Waals surface area contributed by atoms with Gasteiger partial charge in [0.2, 0.25) is 0 Å². The number of aromatic nitrogens is 1. The fourth-order valence-corrected chi connectivity index (χ4v) is 4.47. The van der Waals surface area contributed by atoms with Gasteiger partial charge in [-0.25, -0.2) is 4.98 Å². The smallest absolute Gasteiger partial charge is 0.306 e. The monoisotopic (exact) mass is 448 g/mol. The molecule has 0 aliphatic carbocycles. The van der Waals surface area contributed by atoms with Gasteiger partial charge in [-0.1, -0.05) is 18.2 Å². The molecule has 1 N–H and O–H groups in total. The summed E-state index contributed by atoms with van der Waals surface area (Å²) in [5.74, 6) is 0.704. The fraction of sp³-hybridized carbons (Fsp3) is 0.444. The number of rotatable bonds is 11. The molecule has 174 valence electrons. The molecule has 0 bridgehead atoms. The lowest BCUT2D eigenvalue weighted by atomic mass is 9.89. The summed E-state index contributed by atoms with van der Waals surface area (Å²) >= 11 is 0. The van der Waals surface area contributed by atoms with Gasteiger partial charge in [0.05, 0.1) is 19.3 Å². The number of ether oxygens (including phenoxy) is 1. The Balaban J connectivity index is 1.31. The number of fused-ring (bicyclic) bond motifs is 2. The zero-order valence-electron chi connectivity index (χ0n) is 19.3. The first kappa shape index (κ1) is 23.0. The van der Waals surface area contributed by atoms with Crippen molar-refractivity contribution >= 4 is 28.5 Å². The molecule has 33 heavy (non-hydrogen) atoms. The van der Waals surface area contributed by atoms with E-state index in [1.165, 1.54) is 5.56 Å². The number of pyridine rings is 1. The van der Waals surface area contributed by atoms with E-state index in [2.05, 4.69) is 17.4 Å². The van der Waals surface area contributed by atoms with E-state index in [0.717, 1.165) is 66.7 Å². The molecule has 1 aliphatic rings. The van der Waals surface area contributed by atoms with Crippen LogP contribution in [0.25, 0.3) is 11.0 Å². The van der Waals surface area contributed by atoms with Gasteiger partial charge in [0, 0.05) is 36.4 Å². The van der Waals surface area contributed by atoms with Gasteiger partial charge in [0.25, 0.3) is 0 Å². The fourth-order valence-electron chi connectivity index (χ4n) is 4.47. The number of Topliss-reactive ketones (excluding diaryl/α,β-unsaturated/α-hetero) is 1. The number of anilines is 1. The molecule has 0 saturated heterocycles. The number of unbranched alkanes of at least 4 members (excludes halogenated alkanes) is 1. The number of furan rings is 1. The largest absolute Gasteiger partial charge is 0.466 e. The minimum absolute atomic E-state index is 0.170. The van der Waals surface area contributed by atoms with Crippen molar-refractivity contribution in [3.63, 3.8) is 0 Å². The van der Waals surface area contributed by atoms with E-state index in [4.69, 9.17) is 14.1 Å². The van der Waals surface area contributed by atoms with Gasteiger partial charge in [0.15, 0.2) is 0 Å². The molecular formula is C27H32N2O4. The minimum atomic E-state index is -0.276. The predicted molar refractivity (Wildman–Crippen MR) is 128 cm³/mol. The Labute approximate surface area is 194 Å². The summed E-state index contributed by atoms with van der Waals surface area (Å²) in [6, 6.07) is 12.1. The van der Waals surface area contributed by atoms with E-state index >= 15 is 0 Å². The van der Waals surface area contributed by atoms with Crippen LogP contribution in [0.1, 0.15) is 68.2 Å². The Morgan fingerprint density at radius 1 is 1.15 bits per heavy atom. The normalized spacial score (nSPS) is 13.8. The van der Waals surface area contributed by atoms with Crippen LogP contribution in [0.5, 0.6) is 0 Å². The van der Waals surface area contributed by atoms with Gasteiger partial charge in [-0.15, -0.1) is 0 Å². The molecule has 0 unspecified atom stereocenters. The lowest BCUT2D eigenvalue weighted by molar-refractivity contribution is -0.143. The topological polar surface area (TPSA) is 81.4 Å². The Morgan fingerprint density at radius 2 is 2.06 bits per heavy atom. The van der Waals surface area contributed by atoms with Crippen LogP contribution in [0.2, 0.25) is 0 Å². The number of esters is 1. The highest BCUT2D eigenvalue weighted by molar-refractivity contribution is 5.82. The predicted octanol–water partition coefficient (Wildman–Crippen LogP) is 5.59. The van der Waals surface area contributed by atoms with E-state index in [-0.39, 0.29) is 24.1 Å². The van der Waals surface area contributed by atoms with Crippen LogP contribution >= 0.6 is 0 Å². The van der Waals surface area contributed by atoms with Crippen molar-refractivity contribution in [3.8, 4) is 0 Å². The van der Waals surface area contributed by atoms with Crippen LogP contribution in [0.3, 0.4) is 0 Å². The molecule has 0 radical (unpaired) electrons. The van der Waals surface area contributed by atoms with Crippen LogP contribution in [-0.4, -0.2) is 29.9 Å². The zero-order valence-corrected chi connectivity index (χ0v) is 19.3. The summed E-state index contributed by atoms with van der Waals surface area (Å²) < 4.78 is 10.7. The van der Waals surface area contributed by atoms with Crippen LogP contribution in [-0.2, 0) is 27.2 Å². The second-order valence-corrected chi connectivity index (χ2v) is 8.71. The minimum Gasteiger partial charge on any atom is -0.466 e. The van der Waals surface area contributed by atoms with Crippen molar-refractivity contribution in [1.29, 1.82) is 0 Å². The van der Waals surface area contributed by atoms with Crippen molar-refractivity contribution < 1.29 is 18.7 Å². The summed E-state index contributed by atoms with van der Waals surface area (Å²) in [7, 11) is 0. The number of carbonyl (C=O) groups is 2. The summed E-state index contributed by atoms with van der Waals surface area (Å²) in [5.41, 5.74) is 4.06. The Hall–Kier alpha value is -3.15. The average molecular weight is 449 g/mol. The Kier molecular flexibility index (Phi) is 7.76. The molecule has 1 aliphatic heterocycles. The molecule has 0 fully saturated rings. The molecule has 2 aromatic heterocycles. The van der Waals surface area contributed by atoms with E-state index in [1.54, 1.807) is 13.2 Å². The Bertz CT molecular complexity index is 1100. The summed E-state index contributed by atoms with van der Waals surface area (Å²) in [4.78, 5) is 29.7. The standard InChI is InChI=1S/C27H32N2O4/c1-2-32-26(31)18-22(21-10-9-19-13-15-33-25(19)17-21)16-24(30)8-4-3-7-23-12-11-20-6-5-14-28-27(20)29-23/h9-13,15,17,22H,2-8,14,16,18H2,1H3,(H,28,29)/t22-/m0/s1. The third-order valence-electron chi connectivity index (χ3n) is 6.23. The molecule has 0 spiro atoms. The summed E-state index contributed by atoms with van der Waals surface area (Å²) in [6.07, 6.45) is 7.51. The quantitative estimate of drug-likeness (QED) is 0.304.